The number of piperidine rings is 1. The molecule has 5 saturated carbocycles. The van der Waals surface area contributed by atoms with Crippen LogP contribution in [0.3, 0.4) is 0 Å². The van der Waals surface area contributed by atoms with Crippen LogP contribution in [0.2, 0.25) is 0 Å². The lowest BCUT2D eigenvalue weighted by Crippen LogP contribution is -2.78. The zero-order valence-corrected chi connectivity index (χ0v) is 40.9. The third-order valence-electron chi connectivity index (χ3n) is 18.9. The molecule has 1 aromatic rings. The molecule has 4 heteroatoms. The first-order chi connectivity index (χ1) is 31.2. The van der Waals surface area contributed by atoms with Gasteiger partial charge in [0, 0.05) is 23.8 Å². The molecule has 1 unspecified atom stereocenters. The Hall–Kier alpha value is -1.84. The zero-order chi connectivity index (χ0) is 43.4. The number of hydrogen-bond acceptors (Lipinski definition) is 3. The highest BCUT2D eigenvalue weighted by Crippen LogP contribution is 2.69. The number of Topliss-reactive ketones (excluding diaryl/α,β-unsaturated/α-hetero) is 1. The van der Waals surface area contributed by atoms with E-state index < -0.39 is 0 Å². The second-order valence-corrected chi connectivity index (χ2v) is 22.7. The van der Waals surface area contributed by atoms with Gasteiger partial charge in [0.25, 0.3) is 0 Å². The van der Waals surface area contributed by atoms with Crippen LogP contribution in [0, 0.1) is 40.9 Å². The number of likely N-dealkylation sites (tertiary alicyclic amines) is 1. The summed E-state index contributed by atoms with van der Waals surface area (Å²) in [6.07, 6.45) is 52.5. The monoisotopic (exact) mass is 868 g/mol. The van der Waals surface area contributed by atoms with Gasteiger partial charge < -0.3 is 9.64 Å². The Kier molecular flexibility index (Phi) is 20.6. The van der Waals surface area contributed by atoms with E-state index in [1.165, 1.54) is 244 Å². The minimum atomic E-state index is -0.371. The van der Waals surface area contributed by atoms with E-state index >= 15 is 9.59 Å². The van der Waals surface area contributed by atoms with Crippen molar-refractivity contribution >= 4 is 11.9 Å². The van der Waals surface area contributed by atoms with Gasteiger partial charge in [-0.3, -0.25) is 4.79 Å². The Morgan fingerprint density at radius 1 is 0.429 bits per heavy atom. The van der Waals surface area contributed by atoms with E-state index in [1.807, 2.05) is 0 Å². The third-order valence-corrected chi connectivity index (χ3v) is 18.9. The molecule has 6 fully saturated rings. The topological polar surface area (TPSA) is 46.6 Å². The summed E-state index contributed by atoms with van der Waals surface area (Å²) in [5.41, 5.74) is 0.494. The predicted octanol–water partition coefficient (Wildman–Crippen LogP) is 17.7. The quantitative estimate of drug-likeness (QED) is 0.261. The summed E-state index contributed by atoms with van der Waals surface area (Å²) in [7, 11) is 0. The van der Waals surface area contributed by atoms with Crippen molar-refractivity contribution < 1.29 is 14.3 Å². The van der Waals surface area contributed by atoms with Gasteiger partial charge in [0.15, 0.2) is 0 Å². The number of rotatable bonds is 8. The fourth-order valence-corrected chi connectivity index (χ4v) is 16.2. The van der Waals surface area contributed by atoms with E-state index in [0.717, 1.165) is 24.8 Å². The molecule has 6 aliphatic rings. The molecular formula is C59H97NO3. The zero-order valence-electron chi connectivity index (χ0n) is 40.9. The molecular weight excluding hydrogens is 771 g/mol. The molecule has 1 aliphatic heterocycles. The van der Waals surface area contributed by atoms with Crippen LogP contribution >= 0.6 is 0 Å². The second kappa shape index (κ2) is 26.5. The van der Waals surface area contributed by atoms with Gasteiger partial charge in [0.05, 0.1) is 5.54 Å². The van der Waals surface area contributed by atoms with Crippen molar-refractivity contribution in [1.29, 1.82) is 0 Å². The maximum atomic E-state index is 16.7. The van der Waals surface area contributed by atoms with Crippen molar-refractivity contribution in [1.82, 2.24) is 4.90 Å². The number of amides is 1. The maximum absolute atomic E-state index is 16.7. The first-order valence-electron chi connectivity index (χ1n) is 28.7. The summed E-state index contributed by atoms with van der Waals surface area (Å²) < 4.78 is 6.82. The summed E-state index contributed by atoms with van der Waals surface area (Å²) >= 11 is 0. The minimum Gasteiger partial charge on any atom is -0.445 e. The van der Waals surface area contributed by atoms with Crippen LogP contribution in [0.25, 0.3) is 0 Å². The largest absolute Gasteiger partial charge is 0.445 e. The number of benzene rings is 1. The fourth-order valence-electron chi connectivity index (χ4n) is 16.2. The molecule has 0 aromatic heterocycles. The molecule has 0 spiro atoms. The van der Waals surface area contributed by atoms with Gasteiger partial charge in [-0.2, -0.15) is 0 Å². The number of carbonyl (C=O) groups is 2. The first-order valence-corrected chi connectivity index (χ1v) is 28.7. The molecule has 0 radical (unpaired) electrons. The van der Waals surface area contributed by atoms with E-state index in [2.05, 4.69) is 35.2 Å². The summed E-state index contributed by atoms with van der Waals surface area (Å²) in [6.45, 7) is 1.05. The standard InChI is InChI=1S/C59H97NO3/c61-56(50-36-24-11-1-2-12-25-37-50)55-46-47-60(57(62)63-48-49-34-22-21-23-35-49)59(53-42-30-17-7-8-18-31-43-53,54-44-32-19-9-10-20-33-45-54)58(55,51-38-26-13-3-4-14-27-39-51)52-40-28-15-5-6-16-29-41-52/h21-23,34-35,50-55H,1-20,24-33,36-48H2. The SMILES string of the molecule is O=C(C1CCCCCCCC1)C1CCN(C(=O)OCc2ccccc2)C(C2CCCCCCCC2)(C2CCCCCCCC2)C1(C1CCCCCCCC1)C1CCCCCCCC1. The summed E-state index contributed by atoms with van der Waals surface area (Å²) in [5, 5.41) is 0. The highest BCUT2D eigenvalue weighted by Gasteiger charge is 2.72. The van der Waals surface area contributed by atoms with Crippen molar-refractivity contribution in [2.75, 3.05) is 6.54 Å². The van der Waals surface area contributed by atoms with Gasteiger partial charge in [0.1, 0.15) is 12.4 Å². The Labute approximate surface area is 388 Å². The maximum Gasteiger partial charge on any atom is 0.410 e. The van der Waals surface area contributed by atoms with Gasteiger partial charge in [0.2, 0.25) is 0 Å². The molecule has 356 valence electrons. The summed E-state index contributed by atoms with van der Waals surface area (Å²) in [6, 6.07) is 10.5. The molecule has 4 nitrogen and oxygen atoms in total. The first kappa shape index (κ1) is 49.1. The number of ether oxygens (including phenoxy) is 1. The lowest BCUT2D eigenvalue weighted by molar-refractivity contribution is -0.227. The average Bonchev–Trinajstić information content (AvgIpc) is 3.74. The van der Waals surface area contributed by atoms with Crippen LogP contribution in [0.5, 0.6) is 0 Å². The van der Waals surface area contributed by atoms with Gasteiger partial charge in [-0.15, -0.1) is 0 Å². The van der Waals surface area contributed by atoms with Crippen LogP contribution in [0.4, 0.5) is 4.79 Å². The van der Waals surface area contributed by atoms with Gasteiger partial charge in [-0.25, -0.2) is 4.79 Å². The molecule has 5 aliphatic carbocycles. The van der Waals surface area contributed by atoms with Crippen molar-refractivity contribution in [3.05, 3.63) is 35.9 Å². The molecule has 63 heavy (non-hydrogen) atoms. The van der Waals surface area contributed by atoms with Crippen molar-refractivity contribution in [3.63, 3.8) is 0 Å². The van der Waals surface area contributed by atoms with Crippen LogP contribution in [-0.4, -0.2) is 28.9 Å². The summed E-state index contributed by atoms with van der Waals surface area (Å²) in [5.74, 6) is 2.75. The molecule has 0 N–H and O–H groups in total. The molecule has 1 aromatic carbocycles. The van der Waals surface area contributed by atoms with Crippen molar-refractivity contribution in [2.24, 2.45) is 40.9 Å². The van der Waals surface area contributed by atoms with E-state index in [1.54, 1.807) is 0 Å². The Morgan fingerprint density at radius 3 is 1.14 bits per heavy atom. The minimum absolute atomic E-state index is 0.0255. The highest BCUT2D eigenvalue weighted by molar-refractivity contribution is 5.85. The van der Waals surface area contributed by atoms with E-state index in [-0.39, 0.29) is 28.9 Å². The number of nitrogens with zero attached hydrogens (tertiary/aromatic N) is 1. The molecule has 0 bridgehead atoms. The Morgan fingerprint density at radius 2 is 0.762 bits per heavy atom. The lowest BCUT2D eigenvalue weighted by atomic mass is 9.38. The van der Waals surface area contributed by atoms with Crippen LogP contribution in [0.1, 0.15) is 269 Å². The number of hydrogen-bond donors (Lipinski definition) is 0. The molecule has 1 heterocycles. The predicted molar refractivity (Wildman–Crippen MR) is 264 cm³/mol. The Bertz CT molecular complexity index is 1340. The average molecular weight is 868 g/mol. The van der Waals surface area contributed by atoms with Gasteiger partial charge >= 0.3 is 6.09 Å². The normalized spacial score (nSPS) is 27.5. The smallest absolute Gasteiger partial charge is 0.410 e. The van der Waals surface area contributed by atoms with Crippen LogP contribution in [0.15, 0.2) is 30.3 Å². The lowest BCUT2D eigenvalue weighted by Gasteiger charge is -2.72. The van der Waals surface area contributed by atoms with Crippen LogP contribution in [-0.2, 0) is 16.1 Å². The molecule has 7 rings (SSSR count). The van der Waals surface area contributed by atoms with Gasteiger partial charge in [-0.05, 0) is 99.9 Å². The third kappa shape index (κ3) is 12.4. The number of ketones is 1. The number of carbonyl (C=O) groups excluding carboxylic acids is 2. The summed E-state index contributed by atoms with van der Waals surface area (Å²) in [4.78, 5) is 35.4. The molecule has 1 atom stereocenters. The van der Waals surface area contributed by atoms with Crippen molar-refractivity contribution in [3.8, 4) is 0 Å². The molecule has 1 amide bonds. The van der Waals surface area contributed by atoms with Gasteiger partial charge in [-0.1, -0.05) is 223 Å². The van der Waals surface area contributed by atoms with E-state index in [9.17, 15) is 0 Å². The Balaban J connectivity index is 1.52. The van der Waals surface area contributed by atoms with Crippen molar-refractivity contribution in [2.45, 2.75) is 275 Å². The van der Waals surface area contributed by atoms with E-state index in [4.69, 9.17) is 4.74 Å². The highest BCUT2D eigenvalue weighted by atomic mass is 16.6. The fraction of sp³-hybridized carbons (Fsp3) is 0.864. The van der Waals surface area contributed by atoms with Crippen LogP contribution < -0.4 is 0 Å². The van der Waals surface area contributed by atoms with E-state index in [0.29, 0.717) is 42.6 Å². The second-order valence-electron chi connectivity index (χ2n) is 22.7. The molecule has 1 saturated heterocycles.